The van der Waals surface area contributed by atoms with Gasteiger partial charge in [0.05, 0.1) is 16.8 Å². The zero-order valence-electron chi connectivity index (χ0n) is 8.53. The number of aliphatic hydroxyl groups is 2. The molecule has 2 unspecified atom stereocenters. The summed E-state index contributed by atoms with van der Waals surface area (Å²) in [5, 5.41) is 19.3. The molecule has 0 radical (unpaired) electrons. The summed E-state index contributed by atoms with van der Waals surface area (Å²) in [4.78, 5) is 0. The summed E-state index contributed by atoms with van der Waals surface area (Å²) in [5.41, 5.74) is 11.0. The standard InChI is InChI=1S/C10H14ClFN2O2/c11-7-4-5(12)3-6(9(7)14)10(16)8(15)1-2-13/h3-4,8,10,15-16H,1-2,13-14H2. The van der Waals surface area contributed by atoms with Gasteiger partial charge in [-0.3, -0.25) is 0 Å². The van der Waals surface area contributed by atoms with Crippen LogP contribution in [0.4, 0.5) is 10.1 Å². The molecule has 0 aliphatic carbocycles. The summed E-state index contributed by atoms with van der Waals surface area (Å²) in [7, 11) is 0. The molecule has 1 aromatic rings. The lowest BCUT2D eigenvalue weighted by Gasteiger charge is -2.19. The van der Waals surface area contributed by atoms with Gasteiger partial charge in [0.1, 0.15) is 11.9 Å². The molecule has 0 spiro atoms. The van der Waals surface area contributed by atoms with Gasteiger partial charge in [-0.05, 0) is 25.1 Å². The maximum Gasteiger partial charge on any atom is 0.125 e. The average molecular weight is 249 g/mol. The minimum Gasteiger partial charge on any atom is -0.397 e. The van der Waals surface area contributed by atoms with E-state index in [1.165, 1.54) is 0 Å². The highest BCUT2D eigenvalue weighted by Gasteiger charge is 2.21. The Balaban J connectivity index is 3.03. The van der Waals surface area contributed by atoms with Crippen molar-refractivity contribution in [1.29, 1.82) is 0 Å². The summed E-state index contributed by atoms with van der Waals surface area (Å²) in [6.07, 6.45) is -2.20. The fourth-order valence-corrected chi connectivity index (χ4v) is 1.60. The Morgan fingerprint density at radius 2 is 2.00 bits per heavy atom. The molecule has 0 saturated carbocycles. The van der Waals surface area contributed by atoms with Crippen LogP contribution in [-0.2, 0) is 0 Å². The topological polar surface area (TPSA) is 92.5 Å². The summed E-state index contributed by atoms with van der Waals surface area (Å²) in [6.45, 7) is 0.210. The van der Waals surface area contributed by atoms with Crippen LogP contribution >= 0.6 is 11.6 Å². The molecule has 4 nitrogen and oxygen atoms in total. The molecule has 0 aromatic heterocycles. The minimum absolute atomic E-state index is 0.00833. The molecule has 16 heavy (non-hydrogen) atoms. The molecule has 0 aliphatic rings. The van der Waals surface area contributed by atoms with E-state index in [1.54, 1.807) is 0 Å². The Kier molecular flexibility index (Phi) is 4.49. The maximum atomic E-state index is 13.1. The van der Waals surface area contributed by atoms with Gasteiger partial charge in [0.25, 0.3) is 0 Å². The van der Waals surface area contributed by atoms with Crippen LogP contribution in [0.25, 0.3) is 0 Å². The highest BCUT2D eigenvalue weighted by Crippen LogP contribution is 2.31. The Labute approximate surface area is 97.6 Å². The molecule has 0 aliphatic heterocycles. The first-order valence-corrected chi connectivity index (χ1v) is 5.15. The van der Waals surface area contributed by atoms with Gasteiger partial charge < -0.3 is 21.7 Å². The van der Waals surface area contributed by atoms with Gasteiger partial charge in [-0.1, -0.05) is 11.6 Å². The molecule has 0 bridgehead atoms. The maximum absolute atomic E-state index is 13.1. The van der Waals surface area contributed by atoms with Crippen molar-refractivity contribution < 1.29 is 14.6 Å². The molecule has 90 valence electrons. The summed E-state index contributed by atoms with van der Waals surface area (Å²) >= 11 is 5.66. The fourth-order valence-electron chi connectivity index (χ4n) is 1.39. The van der Waals surface area contributed by atoms with Crippen molar-refractivity contribution in [2.45, 2.75) is 18.6 Å². The number of hydrogen-bond donors (Lipinski definition) is 4. The van der Waals surface area contributed by atoms with Crippen LogP contribution < -0.4 is 11.5 Å². The van der Waals surface area contributed by atoms with Gasteiger partial charge >= 0.3 is 0 Å². The predicted octanol–water partition coefficient (Wildman–Crippen LogP) is 0.804. The van der Waals surface area contributed by atoms with E-state index in [1.807, 2.05) is 0 Å². The molecule has 2 atom stereocenters. The Morgan fingerprint density at radius 3 is 2.56 bits per heavy atom. The number of aliphatic hydroxyl groups excluding tert-OH is 2. The van der Waals surface area contributed by atoms with Crippen LogP contribution in [-0.4, -0.2) is 22.9 Å². The molecule has 1 aromatic carbocycles. The van der Waals surface area contributed by atoms with Crippen LogP contribution in [0.3, 0.4) is 0 Å². The van der Waals surface area contributed by atoms with Gasteiger partial charge in [0.2, 0.25) is 0 Å². The minimum atomic E-state index is -1.29. The molecule has 0 amide bonds. The van der Waals surface area contributed by atoms with Crippen molar-refractivity contribution in [2.75, 3.05) is 12.3 Å². The third-order valence-electron chi connectivity index (χ3n) is 2.27. The second-order valence-corrected chi connectivity index (χ2v) is 3.89. The molecular formula is C10H14ClFN2O2. The third-order valence-corrected chi connectivity index (χ3v) is 2.58. The van der Waals surface area contributed by atoms with Crippen LogP contribution in [0.15, 0.2) is 12.1 Å². The quantitative estimate of drug-likeness (QED) is 0.593. The van der Waals surface area contributed by atoms with Crippen LogP contribution in [0.2, 0.25) is 5.02 Å². The normalized spacial score (nSPS) is 14.8. The number of benzene rings is 1. The van der Waals surface area contributed by atoms with Crippen LogP contribution in [0.1, 0.15) is 18.1 Å². The lowest BCUT2D eigenvalue weighted by atomic mass is 10.0. The van der Waals surface area contributed by atoms with Crippen molar-refractivity contribution in [3.63, 3.8) is 0 Å². The number of halogens is 2. The zero-order chi connectivity index (χ0) is 12.3. The highest BCUT2D eigenvalue weighted by molar-refractivity contribution is 6.33. The monoisotopic (exact) mass is 248 g/mol. The lowest BCUT2D eigenvalue weighted by molar-refractivity contribution is 0.0153. The summed E-state index contributed by atoms with van der Waals surface area (Å²) in [5.74, 6) is -0.617. The largest absolute Gasteiger partial charge is 0.397 e. The fraction of sp³-hybridized carbons (Fsp3) is 0.400. The van der Waals surface area contributed by atoms with Crippen LogP contribution in [0, 0.1) is 5.82 Å². The van der Waals surface area contributed by atoms with Gasteiger partial charge in [0.15, 0.2) is 0 Å². The number of hydrogen-bond acceptors (Lipinski definition) is 4. The van der Waals surface area contributed by atoms with E-state index in [0.29, 0.717) is 0 Å². The first kappa shape index (κ1) is 13.2. The van der Waals surface area contributed by atoms with E-state index in [2.05, 4.69) is 0 Å². The smallest absolute Gasteiger partial charge is 0.125 e. The zero-order valence-corrected chi connectivity index (χ0v) is 9.28. The Hall–Kier alpha value is -0.880. The molecule has 1 rings (SSSR count). The predicted molar refractivity (Wildman–Crippen MR) is 60.5 cm³/mol. The van der Waals surface area contributed by atoms with Gasteiger partial charge in [-0.15, -0.1) is 0 Å². The molecule has 6 N–H and O–H groups in total. The Bertz CT molecular complexity index is 376. The number of anilines is 1. The first-order valence-electron chi connectivity index (χ1n) is 4.78. The SMILES string of the molecule is NCCC(O)C(O)c1cc(F)cc(Cl)c1N. The van der Waals surface area contributed by atoms with Crippen LogP contribution in [0.5, 0.6) is 0 Å². The highest BCUT2D eigenvalue weighted by atomic mass is 35.5. The van der Waals surface area contributed by atoms with E-state index < -0.39 is 18.0 Å². The summed E-state index contributed by atoms with van der Waals surface area (Å²) in [6, 6.07) is 2.09. The van der Waals surface area contributed by atoms with Crippen molar-refractivity contribution in [3.8, 4) is 0 Å². The first-order chi connectivity index (χ1) is 7.47. The lowest BCUT2D eigenvalue weighted by Crippen LogP contribution is -2.22. The van der Waals surface area contributed by atoms with E-state index in [-0.39, 0.29) is 29.2 Å². The average Bonchev–Trinajstić information content (AvgIpc) is 2.22. The van der Waals surface area contributed by atoms with E-state index in [0.717, 1.165) is 12.1 Å². The Morgan fingerprint density at radius 1 is 1.38 bits per heavy atom. The molecule has 0 heterocycles. The number of nitrogen functional groups attached to an aromatic ring is 1. The van der Waals surface area contributed by atoms with Gasteiger partial charge in [0, 0.05) is 5.56 Å². The van der Waals surface area contributed by atoms with E-state index >= 15 is 0 Å². The number of rotatable bonds is 4. The van der Waals surface area contributed by atoms with Crippen molar-refractivity contribution in [2.24, 2.45) is 5.73 Å². The molecule has 0 saturated heterocycles. The number of nitrogens with two attached hydrogens (primary N) is 2. The van der Waals surface area contributed by atoms with Crippen molar-refractivity contribution in [1.82, 2.24) is 0 Å². The second kappa shape index (κ2) is 5.45. The van der Waals surface area contributed by atoms with Gasteiger partial charge in [-0.2, -0.15) is 0 Å². The van der Waals surface area contributed by atoms with Crippen molar-refractivity contribution in [3.05, 3.63) is 28.5 Å². The molecular weight excluding hydrogens is 235 g/mol. The van der Waals surface area contributed by atoms with Gasteiger partial charge in [-0.25, -0.2) is 4.39 Å². The van der Waals surface area contributed by atoms with Crippen molar-refractivity contribution >= 4 is 17.3 Å². The van der Waals surface area contributed by atoms with E-state index in [9.17, 15) is 14.6 Å². The molecule has 6 heteroatoms. The molecule has 0 fully saturated rings. The second-order valence-electron chi connectivity index (χ2n) is 3.48. The summed E-state index contributed by atoms with van der Waals surface area (Å²) < 4.78 is 13.1. The third kappa shape index (κ3) is 2.82. The van der Waals surface area contributed by atoms with E-state index in [4.69, 9.17) is 23.1 Å².